The Morgan fingerprint density at radius 3 is 1.73 bits per heavy atom. The minimum absolute atomic E-state index is 0.152. The van der Waals surface area contributed by atoms with Crippen molar-refractivity contribution in [3.05, 3.63) is 107 Å². The molecule has 2 unspecified atom stereocenters. The van der Waals surface area contributed by atoms with Crippen molar-refractivity contribution in [1.29, 1.82) is 0 Å². The Kier molecular flexibility index (Phi) is 9.51. The Morgan fingerprint density at radius 2 is 1.25 bits per heavy atom. The molecule has 3 aromatic carbocycles. The van der Waals surface area contributed by atoms with E-state index in [1.807, 2.05) is 6.08 Å². The summed E-state index contributed by atoms with van der Waals surface area (Å²) in [5.74, 6) is 1.51. The predicted molar refractivity (Wildman–Crippen MR) is 172 cm³/mol. The number of alkyl halides is 1. The molecule has 2 nitrogen and oxygen atoms in total. The fourth-order valence-corrected chi connectivity index (χ4v) is 7.93. The average molecular weight is 648 g/mol. The van der Waals surface area contributed by atoms with Gasteiger partial charge in [-0.1, -0.05) is 0 Å². The molecule has 1 aliphatic heterocycles. The van der Waals surface area contributed by atoms with E-state index in [2.05, 4.69) is 157 Å². The van der Waals surface area contributed by atoms with Gasteiger partial charge in [0.2, 0.25) is 0 Å². The van der Waals surface area contributed by atoms with Crippen LogP contribution in [0, 0.1) is 0 Å². The van der Waals surface area contributed by atoms with Gasteiger partial charge in [0, 0.05) is 0 Å². The summed E-state index contributed by atoms with van der Waals surface area (Å²) in [5, 5.41) is 0. The van der Waals surface area contributed by atoms with Gasteiger partial charge in [-0.3, -0.25) is 0 Å². The molecular weight excluding hydrogens is 602 g/mol. The van der Waals surface area contributed by atoms with Crippen LogP contribution >= 0.6 is 11.6 Å². The van der Waals surface area contributed by atoms with Gasteiger partial charge in [-0.15, -0.1) is 0 Å². The fourth-order valence-electron chi connectivity index (χ4n) is 6.45. The average Bonchev–Trinajstić information content (AvgIpc) is 3.13. The molecule has 1 heterocycles. The van der Waals surface area contributed by atoms with Crippen LogP contribution in [0.4, 0.5) is 11.4 Å². The van der Waals surface area contributed by atoms with Crippen molar-refractivity contribution in [2.75, 3.05) is 9.80 Å². The monoisotopic (exact) mass is 646 g/mol. The third-order valence-electron chi connectivity index (χ3n) is 8.08. The maximum atomic E-state index is 8.02. The molecule has 4 rings (SSSR count). The van der Waals surface area contributed by atoms with E-state index in [4.69, 9.17) is 11.6 Å². The maximum absolute atomic E-state index is 8.02. The summed E-state index contributed by atoms with van der Waals surface area (Å²) < 4.78 is 0.999. The summed E-state index contributed by atoms with van der Waals surface area (Å²) in [6.45, 7) is 22.5. The van der Waals surface area contributed by atoms with Gasteiger partial charge in [0.05, 0.1) is 0 Å². The van der Waals surface area contributed by atoms with Crippen molar-refractivity contribution in [2.24, 2.45) is 0 Å². The Labute approximate surface area is 258 Å². The second kappa shape index (κ2) is 12.4. The van der Waals surface area contributed by atoms with E-state index in [1.54, 1.807) is 0 Å². The molecule has 0 aliphatic carbocycles. The van der Waals surface area contributed by atoms with Gasteiger partial charge in [-0.25, -0.2) is 0 Å². The molecule has 0 bridgehead atoms. The van der Waals surface area contributed by atoms with Crippen LogP contribution in [0.25, 0.3) is 0 Å². The van der Waals surface area contributed by atoms with Crippen molar-refractivity contribution in [3.63, 3.8) is 0 Å². The molecule has 0 radical (unpaired) electrons. The topological polar surface area (TPSA) is 6.48 Å². The van der Waals surface area contributed by atoms with Gasteiger partial charge in [0.1, 0.15) is 0 Å². The molecule has 1 aliphatic rings. The number of benzene rings is 3. The SMILES string of the molecule is C=CCC1(Cl)C(c2ccccc2)N(c2cccc(C(C)C)c2C(C)C)[C](=[Pd])N1c1cccc(C(C)C)c1C(C)C. The van der Waals surface area contributed by atoms with Gasteiger partial charge in [0.15, 0.2) is 0 Å². The molecule has 1 saturated heterocycles. The van der Waals surface area contributed by atoms with Crippen LogP contribution in [0.3, 0.4) is 0 Å². The molecule has 216 valence electrons. The quantitative estimate of drug-likeness (QED) is 0.0987. The molecule has 0 spiro atoms. The molecule has 1 fully saturated rings. The molecule has 4 heteroatoms. The summed E-state index contributed by atoms with van der Waals surface area (Å²) in [4.78, 5) is 4.02. The fraction of sp³-hybridized carbons (Fsp3) is 0.417. The number of nitrogens with zero attached hydrogens (tertiary/aromatic N) is 2. The predicted octanol–water partition coefficient (Wildman–Crippen LogP) is 10.4. The van der Waals surface area contributed by atoms with Gasteiger partial charge in [-0.2, -0.15) is 0 Å². The van der Waals surface area contributed by atoms with Crippen LogP contribution in [0.1, 0.15) is 119 Å². The Balaban J connectivity index is 2.10. The molecule has 40 heavy (non-hydrogen) atoms. The normalized spacial score (nSPS) is 19.6. The molecular formula is C36H45ClN2Pd. The van der Waals surface area contributed by atoms with Gasteiger partial charge in [-0.05, 0) is 0 Å². The first-order valence-corrected chi connectivity index (χ1v) is 15.8. The van der Waals surface area contributed by atoms with E-state index in [1.165, 1.54) is 33.5 Å². The van der Waals surface area contributed by atoms with E-state index in [0.717, 1.165) is 9.92 Å². The first-order valence-electron chi connectivity index (χ1n) is 14.6. The third kappa shape index (κ3) is 5.38. The van der Waals surface area contributed by atoms with E-state index in [0.29, 0.717) is 30.1 Å². The zero-order valence-corrected chi connectivity index (χ0v) is 27.6. The molecule has 0 aromatic heterocycles. The Morgan fingerprint density at radius 1 is 0.750 bits per heavy atom. The van der Waals surface area contributed by atoms with Crippen molar-refractivity contribution in [2.45, 2.75) is 96.5 Å². The van der Waals surface area contributed by atoms with E-state index < -0.39 is 5.00 Å². The van der Waals surface area contributed by atoms with Crippen LogP contribution in [-0.2, 0) is 18.7 Å². The summed E-state index contributed by atoms with van der Waals surface area (Å²) in [6.07, 6.45) is 2.58. The van der Waals surface area contributed by atoms with Crippen molar-refractivity contribution in [3.8, 4) is 0 Å². The summed E-state index contributed by atoms with van der Waals surface area (Å²) >= 11 is 11.8. The molecule has 0 N–H and O–H groups in total. The van der Waals surface area contributed by atoms with E-state index in [9.17, 15) is 0 Å². The minimum atomic E-state index is -0.807. The third-order valence-corrected chi connectivity index (χ3v) is 9.33. The first kappa shape index (κ1) is 30.8. The van der Waals surface area contributed by atoms with Crippen molar-refractivity contribution >= 4 is 27.2 Å². The van der Waals surface area contributed by atoms with Crippen molar-refractivity contribution < 1.29 is 18.7 Å². The van der Waals surface area contributed by atoms with Crippen LogP contribution in [0.5, 0.6) is 0 Å². The van der Waals surface area contributed by atoms with Gasteiger partial charge >= 0.3 is 259 Å². The zero-order chi connectivity index (χ0) is 29.4. The molecule has 0 amide bonds. The Hall–Kier alpha value is -2.18. The summed E-state index contributed by atoms with van der Waals surface area (Å²) in [5.41, 5.74) is 9.03. The number of hydrogen-bond acceptors (Lipinski definition) is 2. The van der Waals surface area contributed by atoms with Crippen LogP contribution < -0.4 is 9.80 Å². The first-order chi connectivity index (χ1) is 19.0. The number of halogens is 1. The van der Waals surface area contributed by atoms with Crippen LogP contribution in [-0.4, -0.2) is 9.23 Å². The number of anilines is 2. The van der Waals surface area contributed by atoms with Gasteiger partial charge in [0.25, 0.3) is 0 Å². The van der Waals surface area contributed by atoms with E-state index >= 15 is 0 Å². The molecule has 3 aromatic rings. The van der Waals surface area contributed by atoms with E-state index in [-0.39, 0.29) is 6.04 Å². The standard InChI is InChI=1S/C36H45ClN2.Pd/c1-10-22-36(37)35(28-16-12-11-13-17-28)38(31-20-14-18-29(24(2)3)33(31)26(6)7)23-39(36)32-21-15-19-30(25(4)5)34(32)27(8)9;/h10-21,24-27,35H,1,22H2,2-9H3;. The number of hydrogen-bond donors (Lipinski definition) is 0. The summed E-state index contributed by atoms with van der Waals surface area (Å²) in [6, 6.07) is 24.0. The molecule has 0 saturated carbocycles. The van der Waals surface area contributed by atoms with Crippen molar-refractivity contribution in [1.82, 2.24) is 0 Å². The molecule has 2 atom stereocenters. The van der Waals surface area contributed by atoms with Gasteiger partial charge < -0.3 is 0 Å². The summed E-state index contributed by atoms with van der Waals surface area (Å²) in [7, 11) is 0. The zero-order valence-electron chi connectivity index (χ0n) is 25.3. The van der Waals surface area contributed by atoms with Crippen LogP contribution in [0.2, 0.25) is 0 Å². The Bertz CT molecular complexity index is 1360. The number of rotatable bonds is 9. The second-order valence-corrected chi connectivity index (χ2v) is 13.6. The second-order valence-electron chi connectivity index (χ2n) is 12.3. The van der Waals surface area contributed by atoms with Crippen LogP contribution in [0.15, 0.2) is 79.4 Å².